The number of benzene rings is 1. The number of hydrogen-bond donors (Lipinski definition) is 0. The molecule has 7 heteroatoms. The zero-order chi connectivity index (χ0) is 19.7. The molecule has 0 spiro atoms. The van der Waals surface area contributed by atoms with E-state index in [4.69, 9.17) is 0 Å². The molecule has 0 radical (unpaired) electrons. The van der Waals surface area contributed by atoms with E-state index in [2.05, 4.69) is 15.0 Å². The molecular weight excluding hydrogens is 357 g/mol. The van der Waals surface area contributed by atoms with Crippen molar-refractivity contribution >= 4 is 17.4 Å². The molecule has 1 aliphatic heterocycles. The molecule has 3 heterocycles. The van der Waals surface area contributed by atoms with Crippen LogP contribution >= 0.6 is 0 Å². The van der Waals surface area contributed by atoms with Crippen LogP contribution in [-0.2, 0) is 4.79 Å². The number of nitrogens with zero attached hydrogens (tertiary/aromatic N) is 5. The first kappa shape index (κ1) is 18.0. The lowest BCUT2D eigenvalue weighted by atomic mass is 10.2. The van der Waals surface area contributed by atoms with Gasteiger partial charge in [0.1, 0.15) is 17.7 Å². The van der Waals surface area contributed by atoms with Crippen LogP contribution in [0.15, 0.2) is 54.9 Å². The SMILES string of the molecule is Cc1cc(N(C)C2CCN(c3ccccc3F)C2=O)nc(-c2cccnc2)n1. The number of anilines is 2. The molecule has 142 valence electrons. The van der Waals surface area contributed by atoms with Crippen molar-refractivity contribution in [2.75, 3.05) is 23.4 Å². The van der Waals surface area contributed by atoms with Crippen LogP contribution in [0, 0.1) is 12.7 Å². The number of aromatic nitrogens is 3. The highest BCUT2D eigenvalue weighted by atomic mass is 19.1. The summed E-state index contributed by atoms with van der Waals surface area (Å²) in [6, 6.07) is 11.5. The minimum atomic E-state index is -0.407. The Kier molecular flexibility index (Phi) is 4.73. The maximum absolute atomic E-state index is 14.1. The molecule has 2 aromatic heterocycles. The lowest BCUT2D eigenvalue weighted by Gasteiger charge is -2.25. The van der Waals surface area contributed by atoms with Gasteiger partial charge in [-0.1, -0.05) is 12.1 Å². The number of carbonyl (C=O) groups is 1. The third kappa shape index (κ3) is 3.31. The number of aryl methyl sites for hydroxylation is 1. The number of rotatable bonds is 4. The van der Waals surface area contributed by atoms with Crippen molar-refractivity contribution in [2.45, 2.75) is 19.4 Å². The second-order valence-corrected chi connectivity index (χ2v) is 6.79. The van der Waals surface area contributed by atoms with Gasteiger partial charge in [0.05, 0.1) is 5.69 Å². The Balaban J connectivity index is 1.62. The molecule has 0 saturated carbocycles. The van der Waals surface area contributed by atoms with Gasteiger partial charge in [0.2, 0.25) is 5.91 Å². The molecular formula is C21H20FN5O. The molecule has 1 fully saturated rings. The van der Waals surface area contributed by atoms with E-state index in [0.717, 1.165) is 11.3 Å². The maximum Gasteiger partial charge on any atom is 0.249 e. The van der Waals surface area contributed by atoms with Crippen molar-refractivity contribution in [3.05, 3.63) is 66.4 Å². The maximum atomic E-state index is 14.1. The minimum absolute atomic E-state index is 0.133. The molecule has 28 heavy (non-hydrogen) atoms. The lowest BCUT2D eigenvalue weighted by Crippen LogP contribution is -2.40. The molecule has 3 aromatic rings. The molecule has 0 aliphatic carbocycles. The van der Waals surface area contributed by atoms with Crippen LogP contribution < -0.4 is 9.80 Å². The molecule has 1 atom stereocenters. The van der Waals surface area contributed by atoms with E-state index in [-0.39, 0.29) is 5.91 Å². The highest BCUT2D eigenvalue weighted by Crippen LogP contribution is 2.28. The third-order valence-corrected chi connectivity index (χ3v) is 4.91. The van der Waals surface area contributed by atoms with E-state index in [1.807, 2.05) is 37.1 Å². The number of likely N-dealkylation sites (N-methyl/N-ethyl adjacent to an activating group) is 1. The van der Waals surface area contributed by atoms with Crippen LogP contribution in [-0.4, -0.2) is 40.5 Å². The molecule has 1 amide bonds. The fourth-order valence-electron chi connectivity index (χ4n) is 3.45. The van der Waals surface area contributed by atoms with E-state index < -0.39 is 11.9 Å². The predicted molar refractivity (Wildman–Crippen MR) is 106 cm³/mol. The number of halogens is 1. The predicted octanol–water partition coefficient (Wildman–Crippen LogP) is 3.23. The van der Waals surface area contributed by atoms with E-state index in [1.54, 1.807) is 30.6 Å². The van der Waals surface area contributed by atoms with Crippen LogP contribution in [0.1, 0.15) is 12.1 Å². The molecule has 1 saturated heterocycles. The zero-order valence-electron chi connectivity index (χ0n) is 15.7. The Morgan fingerprint density at radius 2 is 2.00 bits per heavy atom. The summed E-state index contributed by atoms with van der Waals surface area (Å²) >= 11 is 0. The summed E-state index contributed by atoms with van der Waals surface area (Å²) in [7, 11) is 1.84. The second kappa shape index (κ2) is 7.34. The summed E-state index contributed by atoms with van der Waals surface area (Å²) in [6.45, 7) is 2.36. The average Bonchev–Trinajstić information content (AvgIpc) is 3.09. The van der Waals surface area contributed by atoms with Crippen LogP contribution in [0.25, 0.3) is 11.4 Å². The Labute approximate surface area is 162 Å². The Morgan fingerprint density at radius 1 is 1.18 bits per heavy atom. The van der Waals surface area contributed by atoms with Gasteiger partial charge in [0.25, 0.3) is 0 Å². The van der Waals surface area contributed by atoms with E-state index in [1.165, 1.54) is 11.0 Å². The van der Waals surface area contributed by atoms with Crippen LogP contribution in [0.2, 0.25) is 0 Å². The van der Waals surface area contributed by atoms with Crippen LogP contribution in [0.4, 0.5) is 15.9 Å². The summed E-state index contributed by atoms with van der Waals surface area (Å²) in [5.74, 6) is 0.689. The van der Waals surface area contributed by atoms with Gasteiger partial charge in [-0.2, -0.15) is 0 Å². The molecule has 1 unspecified atom stereocenters. The molecule has 1 aromatic carbocycles. The molecule has 6 nitrogen and oxygen atoms in total. The van der Waals surface area contributed by atoms with Crippen LogP contribution in [0.5, 0.6) is 0 Å². The smallest absolute Gasteiger partial charge is 0.249 e. The highest BCUT2D eigenvalue weighted by molar-refractivity contribution is 6.01. The van der Waals surface area contributed by atoms with Crippen molar-refractivity contribution in [3.63, 3.8) is 0 Å². The number of amides is 1. The molecule has 0 bridgehead atoms. The Morgan fingerprint density at radius 3 is 2.75 bits per heavy atom. The van der Waals surface area contributed by atoms with E-state index in [0.29, 0.717) is 30.3 Å². The van der Waals surface area contributed by atoms with Crippen molar-refractivity contribution in [1.82, 2.24) is 15.0 Å². The Hall–Kier alpha value is -3.35. The van der Waals surface area contributed by atoms with Crippen molar-refractivity contribution in [3.8, 4) is 11.4 Å². The topological polar surface area (TPSA) is 62.2 Å². The number of pyridine rings is 1. The monoisotopic (exact) mass is 377 g/mol. The van der Waals surface area contributed by atoms with Gasteiger partial charge in [-0.05, 0) is 37.6 Å². The zero-order valence-corrected chi connectivity index (χ0v) is 15.7. The van der Waals surface area contributed by atoms with Crippen LogP contribution in [0.3, 0.4) is 0 Å². The van der Waals surface area contributed by atoms with Gasteiger partial charge in [-0.3, -0.25) is 9.78 Å². The fraction of sp³-hybridized carbons (Fsp3) is 0.238. The van der Waals surface area contributed by atoms with Gasteiger partial charge in [-0.15, -0.1) is 0 Å². The number of para-hydroxylation sites is 1. The fourth-order valence-corrected chi connectivity index (χ4v) is 3.45. The summed E-state index contributed by atoms with van der Waals surface area (Å²) < 4.78 is 14.1. The molecule has 4 rings (SSSR count). The lowest BCUT2D eigenvalue weighted by molar-refractivity contribution is -0.118. The third-order valence-electron chi connectivity index (χ3n) is 4.91. The van der Waals surface area contributed by atoms with Crippen molar-refractivity contribution < 1.29 is 9.18 Å². The summed E-state index contributed by atoms with van der Waals surface area (Å²) in [6.07, 6.45) is 4.00. The summed E-state index contributed by atoms with van der Waals surface area (Å²) in [5, 5.41) is 0. The highest BCUT2D eigenvalue weighted by Gasteiger charge is 2.37. The van der Waals surface area contributed by atoms with Crippen molar-refractivity contribution in [1.29, 1.82) is 0 Å². The first-order valence-electron chi connectivity index (χ1n) is 9.09. The van der Waals surface area contributed by atoms with Gasteiger partial charge >= 0.3 is 0 Å². The minimum Gasteiger partial charge on any atom is -0.347 e. The van der Waals surface area contributed by atoms with Crippen molar-refractivity contribution in [2.24, 2.45) is 0 Å². The standard InChI is InChI=1S/C21H20FN5O/c1-14-12-19(25-20(24-14)15-6-5-10-23-13-15)26(2)18-9-11-27(21(18)28)17-8-4-3-7-16(17)22/h3-8,10,12-13,18H,9,11H2,1-2H3. The molecule has 0 N–H and O–H groups in total. The van der Waals surface area contributed by atoms with E-state index >= 15 is 0 Å². The van der Waals surface area contributed by atoms with E-state index in [9.17, 15) is 9.18 Å². The Bertz CT molecular complexity index is 1010. The van der Waals surface area contributed by atoms with Gasteiger partial charge < -0.3 is 9.80 Å². The van der Waals surface area contributed by atoms with Gasteiger partial charge in [0.15, 0.2) is 5.82 Å². The number of carbonyl (C=O) groups excluding carboxylic acids is 1. The first-order chi connectivity index (χ1) is 13.5. The number of hydrogen-bond acceptors (Lipinski definition) is 5. The summed E-state index contributed by atoms with van der Waals surface area (Å²) in [4.78, 5) is 29.6. The average molecular weight is 377 g/mol. The summed E-state index contributed by atoms with van der Waals surface area (Å²) in [5.41, 5.74) is 1.93. The molecule has 1 aliphatic rings. The van der Waals surface area contributed by atoms with Gasteiger partial charge in [-0.25, -0.2) is 14.4 Å². The normalized spacial score (nSPS) is 16.5. The largest absolute Gasteiger partial charge is 0.347 e. The van der Waals surface area contributed by atoms with Gasteiger partial charge in [0, 0.05) is 43.3 Å². The quantitative estimate of drug-likeness (QED) is 0.699. The first-order valence-corrected chi connectivity index (χ1v) is 9.09. The second-order valence-electron chi connectivity index (χ2n) is 6.79.